The maximum atomic E-state index is 12.3. The van der Waals surface area contributed by atoms with E-state index in [1.165, 1.54) is 0 Å². The van der Waals surface area contributed by atoms with Crippen LogP contribution in [0.4, 0.5) is 0 Å². The molecule has 5 heteroatoms. The van der Waals surface area contributed by atoms with E-state index in [0.29, 0.717) is 32.2 Å². The lowest BCUT2D eigenvalue weighted by Crippen LogP contribution is -2.42. The van der Waals surface area contributed by atoms with Crippen molar-refractivity contribution in [3.8, 4) is 0 Å². The number of carbonyl (C=O) groups is 2. The van der Waals surface area contributed by atoms with E-state index in [1.54, 1.807) is 6.08 Å². The molecule has 0 saturated carbocycles. The molecule has 1 aromatic rings. The van der Waals surface area contributed by atoms with Gasteiger partial charge in [0.25, 0.3) is 0 Å². The summed E-state index contributed by atoms with van der Waals surface area (Å²) in [7, 11) is 0. The first-order chi connectivity index (χ1) is 13.1. The Hall–Kier alpha value is -2.40. The summed E-state index contributed by atoms with van der Waals surface area (Å²) in [6, 6.07) is 9.84. The zero-order valence-corrected chi connectivity index (χ0v) is 15.7. The summed E-state index contributed by atoms with van der Waals surface area (Å²) < 4.78 is 0. The van der Waals surface area contributed by atoms with Gasteiger partial charge in [-0.3, -0.25) is 9.59 Å². The summed E-state index contributed by atoms with van der Waals surface area (Å²) in [5, 5.41) is 18.9. The monoisotopic (exact) mass is 371 g/mol. The van der Waals surface area contributed by atoms with Gasteiger partial charge in [0.1, 0.15) is 0 Å². The Morgan fingerprint density at radius 1 is 1.26 bits per heavy atom. The van der Waals surface area contributed by atoms with Crippen molar-refractivity contribution in [1.82, 2.24) is 4.90 Å². The molecule has 1 unspecified atom stereocenters. The quantitative estimate of drug-likeness (QED) is 0.488. The number of aliphatic carboxylic acids is 1. The number of unbranched alkanes of at least 4 members (excludes halogenated alkanes) is 1. The lowest BCUT2D eigenvalue weighted by molar-refractivity contribution is -0.137. The van der Waals surface area contributed by atoms with Crippen LogP contribution >= 0.6 is 0 Å². The van der Waals surface area contributed by atoms with Crippen LogP contribution < -0.4 is 0 Å². The fraction of sp³-hybridized carbons (Fsp3) is 0.455. The van der Waals surface area contributed by atoms with E-state index >= 15 is 0 Å². The summed E-state index contributed by atoms with van der Waals surface area (Å²) in [6.45, 7) is 0.524. The first-order valence-corrected chi connectivity index (χ1v) is 9.63. The summed E-state index contributed by atoms with van der Waals surface area (Å²) in [5.41, 5.74) is 1.08. The van der Waals surface area contributed by atoms with Gasteiger partial charge in [-0.15, -0.1) is 0 Å². The van der Waals surface area contributed by atoms with Crippen molar-refractivity contribution in [2.75, 3.05) is 6.54 Å². The van der Waals surface area contributed by atoms with Crippen LogP contribution in [0.15, 0.2) is 54.6 Å². The molecule has 1 aliphatic heterocycles. The minimum Gasteiger partial charge on any atom is -0.481 e. The van der Waals surface area contributed by atoms with Gasteiger partial charge in [-0.2, -0.15) is 0 Å². The highest BCUT2D eigenvalue weighted by Gasteiger charge is 2.25. The van der Waals surface area contributed by atoms with Crippen molar-refractivity contribution < 1.29 is 19.8 Å². The molecule has 5 nitrogen and oxygen atoms in total. The first kappa shape index (κ1) is 20.9. The summed E-state index contributed by atoms with van der Waals surface area (Å²) in [5.74, 6) is -0.655. The second-order valence-corrected chi connectivity index (χ2v) is 6.91. The van der Waals surface area contributed by atoms with E-state index in [2.05, 4.69) is 0 Å². The number of likely N-dealkylation sites (tertiary alicyclic amines) is 1. The Kier molecular flexibility index (Phi) is 8.78. The van der Waals surface area contributed by atoms with Crippen LogP contribution in [-0.4, -0.2) is 45.7 Å². The van der Waals surface area contributed by atoms with Crippen LogP contribution in [0.2, 0.25) is 0 Å². The molecule has 0 aliphatic carbocycles. The third-order valence-corrected chi connectivity index (χ3v) is 4.68. The number of hydrogen-bond acceptors (Lipinski definition) is 3. The number of amides is 1. The molecular formula is C22H29NO4. The normalized spacial score (nSPS) is 19.1. The number of carbonyl (C=O) groups excluding carboxylic acids is 1. The van der Waals surface area contributed by atoms with Crippen molar-refractivity contribution in [3.05, 3.63) is 60.2 Å². The third-order valence-electron chi connectivity index (χ3n) is 4.68. The van der Waals surface area contributed by atoms with Gasteiger partial charge >= 0.3 is 5.97 Å². The Bertz CT molecular complexity index is 654. The number of nitrogens with zero attached hydrogens (tertiary/aromatic N) is 1. The molecule has 2 N–H and O–H groups in total. The van der Waals surface area contributed by atoms with E-state index in [1.807, 2.05) is 53.5 Å². The molecule has 2 atom stereocenters. The van der Waals surface area contributed by atoms with Crippen LogP contribution in [0, 0.1) is 0 Å². The lowest BCUT2D eigenvalue weighted by Gasteiger charge is -2.33. The highest BCUT2D eigenvalue weighted by atomic mass is 16.4. The SMILES string of the molecule is O=C(O)CCC/C=C\CN1C(=O)CCC[C@@H]1/C=C/C(O)Cc1ccccc1. The van der Waals surface area contributed by atoms with Crippen molar-refractivity contribution in [2.45, 2.75) is 57.1 Å². The molecule has 0 spiro atoms. The molecule has 1 aliphatic rings. The number of allylic oxidation sites excluding steroid dienone is 1. The van der Waals surface area contributed by atoms with Gasteiger partial charge in [0.2, 0.25) is 5.91 Å². The molecule has 0 aromatic heterocycles. The largest absolute Gasteiger partial charge is 0.481 e. The number of aliphatic hydroxyl groups excluding tert-OH is 1. The summed E-state index contributed by atoms with van der Waals surface area (Å²) in [6.07, 6.45) is 11.4. The topological polar surface area (TPSA) is 77.8 Å². The third kappa shape index (κ3) is 7.79. The van der Waals surface area contributed by atoms with Crippen LogP contribution in [0.3, 0.4) is 0 Å². The van der Waals surface area contributed by atoms with Crippen molar-refractivity contribution in [2.24, 2.45) is 0 Å². The van der Waals surface area contributed by atoms with Gasteiger partial charge in [0.15, 0.2) is 0 Å². The molecular weight excluding hydrogens is 342 g/mol. The van der Waals surface area contributed by atoms with Gasteiger partial charge in [-0.05, 0) is 31.2 Å². The maximum Gasteiger partial charge on any atom is 0.303 e. The minimum absolute atomic E-state index is 0.000318. The van der Waals surface area contributed by atoms with Gasteiger partial charge < -0.3 is 15.1 Å². The van der Waals surface area contributed by atoms with Crippen molar-refractivity contribution in [3.63, 3.8) is 0 Å². The molecule has 1 heterocycles. The second-order valence-electron chi connectivity index (χ2n) is 6.91. The molecule has 146 valence electrons. The average molecular weight is 371 g/mol. The van der Waals surface area contributed by atoms with Crippen LogP contribution in [0.1, 0.15) is 44.1 Å². The van der Waals surface area contributed by atoms with E-state index in [4.69, 9.17) is 5.11 Å². The molecule has 27 heavy (non-hydrogen) atoms. The average Bonchev–Trinajstić information content (AvgIpc) is 2.65. The number of hydrogen-bond donors (Lipinski definition) is 2. The van der Waals surface area contributed by atoms with E-state index in [0.717, 1.165) is 18.4 Å². The van der Waals surface area contributed by atoms with Gasteiger partial charge in [0, 0.05) is 25.8 Å². The Labute approximate surface area is 161 Å². The predicted molar refractivity (Wildman–Crippen MR) is 105 cm³/mol. The fourth-order valence-corrected chi connectivity index (χ4v) is 3.24. The lowest BCUT2D eigenvalue weighted by atomic mass is 9.99. The van der Waals surface area contributed by atoms with Gasteiger partial charge in [0.05, 0.1) is 12.1 Å². The standard InChI is InChI=1S/C22H29NO4/c24-20(17-18-9-4-3-5-10-18)15-14-19-11-8-12-21(25)23(19)16-7-2-1-6-13-22(26)27/h2-5,7,9-10,14-15,19-20,24H,1,6,8,11-13,16-17H2,(H,26,27)/b7-2-,15-14+/t19-,20?/m1/s1. The Morgan fingerprint density at radius 3 is 2.78 bits per heavy atom. The smallest absolute Gasteiger partial charge is 0.303 e. The van der Waals surface area contributed by atoms with E-state index in [9.17, 15) is 14.7 Å². The van der Waals surface area contributed by atoms with E-state index < -0.39 is 12.1 Å². The van der Waals surface area contributed by atoms with Crippen molar-refractivity contribution >= 4 is 11.9 Å². The Morgan fingerprint density at radius 2 is 2.04 bits per heavy atom. The highest BCUT2D eigenvalue weighted by molar-refractivity contribution is 5.77. The maximum absolute atomic E-state index is 12.3. The van der Waals surface area contributed by atoms with Gasteiger partial charge in [-0.1, -0.05) is 54.6 Å². The molecule has 0 radical (unpaired) electrons. The van der Waals surface area contributed by atoms with Crippen LogP contribution in [0.5, 0.6) is 0 Å². The number of aliphatic hydroxyl groups is 1. The molecule has 1 fully saturated rings. The Balaban J connectivity index is 1.85. The number of carboxylic acid groups (broad SMARTS) is 1. The molecule has 1 amide bonds. The second kappa shape index (κ2) is 11.3. The molecule has 2 rings (SSSR count). The molecule has 1 aromatic carbocycles. The molecule has 0 bridgehead atoms. The van der Waals surface area contributed by atoms with Crippen LogP contribution in [-0.2, 0) is 16.0 Å². The number of carboxylic acids is 1. The zero-order valence-electron chi connectivity index (χ0n) is 15.7. The predicted octanol–water partition coefficient (Wildman–Crippen LogP) is 3.34. The number of piperidine rings is 1. The minimum atomic E-state index is -0.783. The van der Waals surface area contributed by atoms with Gasteiger partial charge in [-0.25, -0.2) is 0 Å². The summed E-state index contributed by atoms with van der Waals surface area (Å²) >= 11 is 0. The number of benzene rings is 1. The highest BCUT2D eigenvalue weighted by Crippen LogP contribution is 2.20. The summed E-state index contributed by atoms with van der Waals surface area (Å²) in [4.78, 5) is 24.6. The first-order valence-electron chi connectivity index (χ1n) is 9.63. The molecule has 1 saturated heterocycles. The fourth-order valence-electron chi connectivity index (χ4n) is 3.24. The number of rotatable bonds is 10. The van der Waals surface area contributed by atoms with Crippen LogP contribution in [0.25, 0.3) is 0 Å². The van der Waals surface area contributed by atoms with Crippen molar-refractivity contribution in [1.29, 1.82) is 0 Å². The van der Waals surface area contributed by atoms with E-state index in [-0.39, 0.29) is 18.4 Å². The zero-order chi connectivity index (χ0) is 19.5.